The van der Waals surface area contributed by atoms with Crippen molar-refractivity contribution in [2.75, 3.05) is 0 Å². The first kappa shape index (κ1) is 14.9. The van der Waals surface area contributed by atoms with Gasteiger partial charge < -0.3 is 0 Å². The Balaban J connectivity index is 2.17. The van der Waals surface area contributed by atoms with Crippen LogP contribution in [0.25, 0.3) is 0 Å². The normalized spacial score (nSPS) is 13.2. The Bertz CT molecular complexity index is 573. The predicted molar refractivity (Wildman–Crippen MR) is 74.9 cm³/mol. The van der Waals surface area contributed by atoms with Crippen LogP contribution in [-0.2, 0) is 12.6 Å². The lowest BCUT2D eigenvalue weighted by molar-refractivity contribution is -0.137. The number of alkyl halides is 4. The first-order valence-corrected chi connectivity index (χ1v) is 6.66. The third-order valence-electron chi connectivity index (χ3n) is 3.11. The smallest absolute Gasteiger partial charge is 0.166 e. The SMILES string of the molecule is Cc1ccc(CC(Cl)c2cccc(C(F)(F)F)c2)cc1. The fraction of sp³-hybridized carbons (Fsp3) is 0.250. The topological polar surface area (TPSA) is 0 Å². The highest BCUT2D eigenvalue weighted by Crippen LogP contribution is 2.33. The van der Waals surface area contributed by atoms with E-state index in [-0.39, 0.29) is 0 Å². The van der Waals surface area contributed by atoms with Crippen molar-refractivity contribution in [1.82, 2.24) is 0 Å². The molecule has 0 N–H and O–H groups in total. The highest BCUT2D eigenvalue weighted by atomic mass is 35.5. The molecule has 2 rings (SSSR count). The number of hydrogen-bond donors (Lipinski definition) is 0. The highest BCUT2D eigenvalue weighted by Gasteiger charge is 2.30. The van der Waals surface area contributed by atoms with Crippen LogP contribution < -0.4 is 0 Å². The average molecular weight is 299 g/mol. The summed E-state index contributed by atoms with van der Waals surface area (Å²) in [5.41, 5.74) is 1.97. The van der Waals surface area contributed by atoms with E-state index in [1.165, 1.54) is 6.07 Å². The maximum atomic E-state index is 12.7. The quantitative estimate of drug-likeness (QED) is 0.653. The van der Waals surface area contributed by atoms with Gasteiger partial charge in [-0.2, -0.15) is 13.2 Å². The molecule has 1 atom stereocenters. The zero-order valence-electron chi connectivity index (χ0n) is 10.9. The van der Waals surface area contributed by atoms with Crippen LogP contribution in [0.5, 0.6) is 0 Å². The van der Waals surface area contributed by atoms with E-state index in [9.17, 15) is 13.2 Å². The molecule has 0 spiro atoms. The van der Waals surface area contributed by atoms with Gasteiger partial charge in [-0.25, -0.2) is 0 Å². The van der Waals surface area contributed by atoms with Gasteiger partial charge in [-0.1, -0.05) is 48.0 Å². The molecule has 0 heterocycles. The Hall–Kier alpha value is -1.48. The molecule has 0 aliphatic heterocycles. The van der Waals surface area contributed by atoms with Crippen LogP contribution in [0.2, 0.25) is 0 Å². The molecule has 0 nitrogen and oxygen atoms in total. The zero-order valence-corrected chi connectivity index (χ0v) is 11.7. The van der Waals surface area contributed by atoms with Crippen molar-refractivity contribution in [2.45, 2.75) is 24.9 Å². The van der Waals surface area contributed by atoms with Gasteiger partial charge in [-0.15, -0.1) is 11.6 Å². The molecule has 0 aliphatic rings. The summed E-state index contributed by atoms with van der Waals surface area (Å²) in [6, 6.07) is 13.0. The second-order valence-corrected chi connectivity index (χ2v) is 5.31. The third kappa shape index (κ3) is 3.76. The van der Waals surface area contributed by atoms with E-state index in [0.29, 0.717) is 12.0 Å². The standard InChI is InChI=1S/C16H14ClF3/c1-11-5-7-12(8-6-11)9-15(17)13-3-2-4-14(10-13)16(18,19)20/h2-8,10,15H,9H2,1H3. The van der Waals surface area contributed by atoms with E-state index >= 15 is 0 Å². The van der Waals surface area contributed by atoms with Crippen molar-refractivity contribution in [3.63, 3.8) is 0 Å². The maximum absolute atomic E-state index is 12.7. The Morgan fingerprint density at radius 3 is 2.30 bits per heavy atom. The van der Waals surface area contributed by atoms with Crippen molar-refractivity contribution < 1.29 is 13.2 Å². The van der Waals surface area contributed by atoms with E-state index < -0.39 is 17.1 Å². The lowest BCUT2D eigenvalue weighted by Gasteiger charge is -2.13. The van der Waals surface area contributed by atoms with Crippen LogP contribution in [0.4, 0.5) is 13.2 Å². The Labute approximate surface area is 121 Å². The van der Waals surface area contributed by atoms with Gasteiger partial charge in [0.1, 0.15) is 0 Å². The summed E-state index contributed by atoms with van der Waals surface area (Å²) >= 11 is 6.24. The molecular weight excluding hydrogens is 285 g/mol. The highest BCUT2D eigenvalue weighted by molar-refractivity contribution is 6.20. The molecule has 0 aliphatic carbocycles. The number of aryl methyl sites for hydroxylation is 1. The van der Waals surface area contributed by atoms with E-state index in [1.54, 1.807) is 6.07 Å². The van der Waals surface area contributed by atoms with Crippen molar-refractivity contribution in [3.05, 3.63) is 70.8 Å². The van der Waals surface area contributed by atoms with Crippen molar-refractivity contribution in [3.8, 4) is 0 Å². The summed E-state index contributed by atoms with van der Waals surface area (Å²) in [6.45, 7) is 1.98. The maximum Gasteiger partial charge on any atom is 0.416 e. The van der Waals surface area contributed by atoms with Gasteiger partial charge in [0.15, 0.2) is 0 Å². The summed E-state index contributed by atoms with van der Waals surface area (Å²) in [7, 11) is 0. The first-order valence-electron chi connectivity index (χ1n) is 6.23. The molecule has 0 radical (unpaired) electrons. The Morgan fingerprint density at radius 2 is 1.70 bits per heavy atom. The molecule has 20 heavy (non-hydrogen) atoms. The van der Waals surface area contributed by atoms with Crippen LogP contribution in [0.3, 0.4) is 0 Å². The molecule has 0 aromatic heterocycles. The summed E-state index contributed by atoms with van der Waals surface area (Å²) in [4.78, 5) is 0. The third-order valence-corrected chi connectivity index (χ3v) is 3.52. The minimum absolute atomic E-state index is 0.472. The molecule has 0 saturated heterocycles. The van der Waals surface area contributed by atoms with E-state index in [1.807, 2.05) is 31.2 Å². The van der Waals surface area contributed by atoms with Gasteiger partial charge in [0.05, 0.1) is 10.9 Å². The monoisotopic (exact) mass is 298 g/mol. The van der Waals surface area contributed by atoms with Gasteiger partial charge in [-0.05, 0) is 30.5 Å². The predicted octanol–water partition coefficient (Wildman–Crippen LogP) is 5.54. The number of benzene rings is 2. The second kappa shape index (κ2) is 5.88. The van der Waals surface area contributed by atoms with Crippen LogP contribution in [0, 0.1) is 6.92 Å². The summed E-state index contributed by atoms with van der Waals surface area (Å²) < 4.78 is 38.0. The Morgan fingerprint density at radius 1 is 1.05 bits per heavy atom. The van der Waals surface area contributed by atoms with Gasteiger partial charge >= 0.3 is 6.18 Å². The molecular formula is C16H14ClF3. The molecule has 1 unspecified atom stereocenters. The van der Waals surface area contributed by atoms with Crippen molar-refractivity contribution >= 4 is 11.6 Å². The van der Waals surface area contributed by atoms with Gasteiger partial charge in [0.25, 0.3) is 0 Å². The van der Waals surface area contributed by atoms with E-state index in [2.05, 4.69) is 0 Å². The van der Waals surface area contributed by atoms with Crippen molar-refractivity contribution in [2.24, 2.45) is 0 Å². The Kier molecular flexibility index (Phi) is 4.39. The lowest BCUT2D eigenvalue weighted by Crippen LogP contribution is -2.06. The summed E-state index contributed by atoms with van der Waals surface area (Å²) in [6.07, 6.45) is -3.83. The van der Waals surface area contributed by atoms with Crippen LogP contribution >= 0.6 is 11.6 Å². The van der Waals surface area contributed by atoms with Crippen LogP contribution in [0.15, 0.2) is 48.5 Å². The van der Waals surface area contributed by atoms with Gasteiger partial charge in [0.2, 0.25) is 0 Å². The molecule has 4 heteroatoms. The largest absolute Gasteiger partial charge is 0.416 e. The molecule has 106 valence electrons. The average Bonchev–Trinajstić information content (AvgIpc) is 2.40. The summed E-state index contributed by atoms with van der Waals surface area (Å²) in [5, 5.41) is -0.472. The fourth-order valence-electron chi connectivity index (χ4n) is 1.96. The summed E-state index contributed by atoms with van der Waals surface area (Å²) in [5.74, 6) is 0. The van der Waals surface area contributed by atoms with E-state index in [4.69, 9.17) is 11.6 Å². The molecule has 2 aromatic rings. The minimum atomic E-state index is -4.34. The van der Waals surface area contributed by atoms with Gasteiger partial charge in [0, 0.05) is 0 Å². The number of hydrogen-bond acceptors (Lipinski definition) is 0. The molecule has 0 saturated carbocycles. The minimum Gasteiger partial charge on any atom is -0.166 e. The molecule has 0 bridgehead atoms. The fourth-order valence-corrected chi connectivity index (χ4v) is 2.27. The van der Waals surface area contributed by atoms with Gasteiger partial charge in [-0.3, -0.25) is 0 Å². The first-order chi connectivity index (χ1) is 9.36. The second-order valence-electron chi connectivity index (χ2n) is 4.78. The zero-order chi connectivity index (χ0) is 14.8. The molecule has 2 aromatic carbocycles. The van der Waals surface area contributed by atoms with E-state index in [0.717, 1.165) is 23.3 Å². The number of rotatable bonds is 3. The number of halogens is 4. The lowest BCUT2D eigenvalue weighted by atomic mass is 10.0. The molecule has 0 fully saturated rings. The van der Waals surface area contributed by atoms with Crippen LogP contribution in [0.1, 0.15) is 27.6 Å². The molecule has 0 amide bonds. The van der Waals surface area contributed by atoms with Crippen LogP contribution in [-0.4, -0.2) is 0 Å². The van der Waals surface area contributed by atoms with Crippen molar-refractivity contribution in [1.29, 1.82) is 0 Å².